The molecular formula is C67H72N8O14S7. The lowest BCUT2D eigenvalue weighted by atomic mass is 10.1. The van der Waals surface area contributed by atoms with Crippen LogP contribution in [0.5, 0.6) is 0 Å². The number of nitrogens with one attached hydrogen (secondary N) is 5. The van der Waals surface area contributed by atoms with E-state index in [0.717, 1.165) is 132 Å². The highest BCUT2D eigenvalue weighted by Crippen LogP contribution is 2.37. The van der Waals surface area contributed by atoms with E-state index >= 15 is 0 Å². The minimum atomic E-state index is -3.96. The third kappa shape index (κ3) is 19.8. The predicted molar refractivity (Wildman–Crippen MR) is 372 cm³/mol. The molecule has 0 atom stereocenters. The molecule has 0 spiro atoms. The lowest BCUT2D eigenvalue weighted by Crippen LogP contribution is -2.36. The number of aromatic nitrogens is 2. The Bertz CT molecular complexity index is 4350. The van der Waals surface area contributed by atoms with E-state index in [0.29, 0.717) is 6.42 Å². The Balaban J connectivity index is 0.000000179. The number of benzene rings is 6. The smallest absolute Gasteiger partial charge is 0.264 e. The summed E-state index contributed by atoms with van der Waals surface area (Å²) in [5.41, 5.74) is 2.62. The molecule has 0 radical (unpaired) electrons. The van der Waals surface area contributed by atoms with E-state index in [1.54, 1.807) is 48.4 Å². The first-order valence-electron chi connectivity index (χ1n) is 30.9. The van der Waals surface area contributed by atoms with Crippen molar-refractivity contribution in [2.24, 2.45) is 0 Å². The summed E-state index contributed by atoms with van der Waals surface area (Å²) in [6.07, 6.45) is 8.77. The van der Waals surface area contributed by atoms with Crippen LogP contribution in [-0.4, -0.2) is 160 Å². The highest BCUT2D eigenvalue weighted by Gasteiger charge is 2.33. The molecule has 6 aromatic carbocycles. The zero-order chi connectivity index (χ0) is 67.5. The van der Waals surface area contributed by atoms with Crippen LogP contribution in [0.2, 0.25) is 0 Å². The molecule has 0 saturated carbocycles. The highest BCUT2D eigenvalue weighted by molar-refractivity contribution is 7.99. The van der Waals surface area contributed by atoms with Gasteiger partial charge in [0.05, 0.1) is 94.5 Å². The molecule has 22 nitrogen and oxygen atoms in total. The number of rotatable bonds is 19. The zero-order valence-corrected chi connectivity index (χ0v) is 58.1. The fraction of sp³-hybridized carbons (Fsp3) is 0.313. The number of carbonyl (C=O) groups excluding carboxylic acids is 4. The first-order valence-corrected chi connectivity index (χ1v) is 39.3. The number of nitrogens with zero attached hydrogens (tertiary/aromatic N) is 3. The van der Waals surface area contributed by atoms with Crippen molar-refractivity contribution in [1.29, 1.82) is 0 Å². The summed E-state index contributed by atoms with van der Waals surface area (Å²) in [7, 11) is -11.3. The number of amides is 4. The monoisotopic (exact) mass is 1440 g/mol. The molecule has 0 bridgehead atoms. The van der Waals surface area contributed by atoms with Crippen molar-refractivity contribution in [1.82, 2.24) is 30.8 Å². The predicted octanol–water partition coefficient (Wildman–Crippen LogP) is 9.95. The largest absolute Gasteiger partial charge is 0.381 e. The van der Waals surface area contributed by atoms with Gasteiger partial charge in [0.25, 0.3) is 33.7 Å². The van der Waals surface area contributed by atoms with Crippen LogP contribution >= 0.6 is 46.2 Å². The second-order valence-corrected chi connectivity index (χ2v) is 32.1. The Morgan fingerprint density at radius 3 is 1.46 bits per heavy atom. The quantitative estimate of drug-likeness (QED) is 0.0286. The number of thiazole rings is 2. The van der Waals surface area contributed by atoms with Crippen molar-refractivity contribution in [3.05, 3.63) is 178 Å². The van der Waals surface area contributed by atoms with Crippen molar-refractivity contribution in [2.75, 3.05) is 107 Å². The van der Waals surface area contributed by atoms with Gasteiger partial charge >= 0.3 is 0 Å². The molecule has 5 aliphatic rings. The van der Waals surface area contributed by atoms with Gasteiger partial charge in [-0.05, 0) is 123 Å². The molecule has 29 heteroatoms. The van der Waals surface area contributed by atoms with Crippen LogP contribution < -0.4 is 26.6 Å². The van der Waals surface area contributed by atoms with Crippen LogP contribution in [0.1, 0.15) is 76.9 Å². The van der Waals surface area contributed by atoms with Crippen LogP contribution in [0.25, 0.3) is 21.1 Å². The van der Waals surface area contributed by atoms with E-state index < -0.39 is 47.5 Å². The minimum Gasteiger partial charge on any atom is -0.381 e. The molecular weight excluding hydrogens is 1370 g/mol. The van der Waals surface area contributed by atoms with Crippen molar-refractivity contribution in [3.8, 4) is 21.1 Å². The van der Waals surface area contributed by atoms with Crippen LogP contribution in [0.15, 0.2) is 175 Å². The number of ether oxygens (including phenoxy) is 3. The number of sulfone groups is 2. The minimum absolute atomic E-state index is 0.0473. The summed E-state index contributed by atoms with van der Waals surface area (Å²) in [6, 6.07) is 36.6. The number of thioether (sulfide) groups is 2. The summed E-state index contributed by atoms with van der Waals surface area (Å²) in [5.74, 6) is -0.129. The summed E-state index contributed by atoms with van der Waals surface area (Å²) >= 11 is 6.39. The fourth-order valence-electron chi connectivity index (χ4n) is 10.2. The Morgan fingerprint density at radius 2 is 1.03 bits per heavy atom. The standard InChI is InChI=1S/C31H30N4O5S3.C28H25N3O7S4.C4H9NO.C4H8O/c36-29(22-8-11-28-26(18-22)34-30(37)25-4-1-2-5-27(25)43(28,38)39)32-19-24-20-33-31(42-24)21-6-9-23(10-7-21)41-17-3-12-35-13-15-40-16-14-35;1-41(34,35)38-13-4-14-39-20-10-7-18(8-11-20)28-30-17-21(40-28)16-29-26(32)19-9-12-25-23(15-19)31-27(33)22-5-2-3-6-24(22)42(25,36)37;1-3-6-4-2-5-1;1-2-4-5-3-1/h1-2,4-11,18,20H,3,12-17,19H2,(H,32,36)(H,34,37);2-3,5-12,15,17H,4,13-14,16H2,1H3,(H,29,32)(H,31,33);5H,1-4H2;1-4H2. The summed E-state index contributed by atoms with van der Waals surface area (Å²) in [4.78, 5) is 66.4. The van der Waals surface area contributed by atoms with Crippen LogP contribution in [-0.2, 0) is 61.3 Å². The first kappa shape index (κ1) is 71.5. The molecule has 3 saturated heterocycles. The Hall–Kier alpha value is -7.23. The molecule has 5 N–H and O–H groups in total. The Labute approximate surface area is 575 Å². The summed E-state index contributed by atoms with van der Waals surface area (Å²) < 4.78 is 94.9. The highest BCUT2D eigenvalue weighted by atomic mass is 32.2. The van der Waals surface area contributed by atoms with Gasteiger partial charge in [0.1, 0.15) is 10.0 Å². The van der Waals surface area contributed by atoms with Crippen molar-refractivity contribution in [2.45, 2.75) is 68.1 Å². The van der Waals surface area contributed by atoms with Gasteiger partial charge in [0.2, 0.25) is 19.7 Å². The van der Waals surface area contributed by atoms with Crippen molar-refractivity contribution in [3.63, 3.8) is 0 Å². The summed E-state index contributed by atoms with van der Waals surface area (Å²) in [5, 5.41) is 15.8. The maximum absolute atomic E-state index is 13.2. The van der Waals surface area contributed by atoms with Gasteiger partial charge in [-0.15, -0.1) is 46.2 Å². The maximum atomic E-state index is 13.2. The fourth-order valence-corrected chi connectivity index (χ4v) is 17.1. The van der Waals surface area contributed by atoms with E-state index in [2.05, 4.69) is 65.7 Å². The van der Waals surface area contributed by atoms with Gasteiger partial charge in [-0.1, -0.05) is 48.5 Å². The zero-order valence-electron chi connectivity index (χ0n) is 52.4. The molecule has 13 rings (SSSR count). The second-order valence-electron chi connectivity index (χ2n) is 22.1. The molecule has 0 aliphatic carbocycles. The van der Waals surface area contributed by atoms with Gasteiger partial charge in [-0.3, -0.25) is 28.3 Å². The molecule has 4 amide bonds. The average molecular weight is 1440 g/mol. The molecule has 5 aliphatic heterocycles. The third-order valence-electron chi connectivity index (χ3n) is 15.1. The average Bonchev–Trinajstić information content (AvgIpc) is 1.57. The Morgan fingerprint density at radius 1 is 0.583 bits per heavy atom. The van der Waals surface area contributed by atoms with E-state index in [1.807, 2.05) is 36.0 Å². The number of fused-ring (bicyclic) bond motifs is 4. The normalized spacial score (nSPS) is 16.0. The maximum Gasteiger partial charge on any atom is 0.264 e. The van der Waals surface area contributed by atoms with E-state index in [9.17, 15) is 44.4 Å². The Kier molecular flexibility index (Phi) is 25.6. The van der Waals surface area contributed by atoms with Gasteiger partial charge in [0.15, 0.2) is 0 Å². The lowest BCUT2D eigenvalue weighted by molar-refractivity contribution is 0.0381. The van der Waals surface area contributed by atoms with Gasteiger partial charge < -0.3 is 40.8 Å². The molecule has 0 unspecified atom stereocenters. The molecule has 2 aromatic heterocycles. The molecule has 96 heavy (non-hydrogen) atoms. The number of anilines is 2. The first-order chi connectivity index (χ1) is 46.4. The number of carbonyl (C=O) groups is 4. The van der Waals surface area contributed by atoms with Crippen molar-refractivity contribution < 1.29 is 62.8 Å². The van der Waals surface area contributed by atoms with E-state index in [-0.39, 0.29) is 78.8 Å². The van der Waals surface area contributed by atoms with Crippen LogP contribution in [0, 0.1) is 0 Å². The number of hydrogen-bond donors (Lipinski definition) is 5. The molecule has 7 heterocycles. The molecule has 8 aromatic rings. The van der Waals surface area contributed by atoms with Crippen LogP contribution in [0.4, 0.5) is 11.4 Å². The van der Waals surface area contributed by atoms with E-state index in [1.165, 1.54) is 101 Å². The number of hydrogen-bond acceptors (Lipinski definition) is 22. The third-order valence-corrected chi connectivity index (χ3v) is 23.7. The molecule has 3 fully saturated rings. The van der Waals surface area contributed by atoms with Gasteiger partial charge in [-0.2, -0.15) is 8.42 Å². The second kappa shape index (κ2) is 34.3. The topological polar surface area (TPSA) is 297 Å². The van der Waals surface area contributed by atoms with Gasteiger partial charge in [-0.25, -0.2) is 26.8 Å². The SMILES string of the molecule is C1CCOC1.C1COCCN1.CS(=O)(=O)OCCCSc1ccc(-c2ncc(CNC(=O)c3ccc4c(c3)NC(=O)c3ccccc3S4(=O)=O)s2)cc1.O=C(NCc1cnc(-c2ccc(SCCCN3CCOCC3)cc2)s1)c1ccc2c(c1)NC(=O)c1ccccc1S2(=O)=O. The van der Waals surface area contributed by atoms with Crippen LogP contribution in [0.3, 0.4) is 0 Å². The lowest BCUT2D eigenvalue weighted by Gasteiger charge is -2.26. The van der Waals surface area contributed by atoms with Gasteiger partial charge in [0, 0.05) is 99.3 Å². The number of morpholine rings is 2. The van der Waals surface area contributed by atoms with Crippen molar-refractivity contribution >= 4 is 111 Å². The molecule has 506 valence electrons. The summed E-state index contributed by atoms with van der Waals surface area (Å²) in [6.45, 7) is 11.3. The van der Waals surface area contributed by atoms with E-state index in [4.69, 9.17) is 18.4 Å².